The highest BCUT2D eigenvalue weighted by Gasteiger charge is 2.32. The summed E-state index contributed by atoms with van der Waals surface area (Å²) in [5.41, 5.74) is 1.04. The number of nitrogens with zero attached hydrogens (tertiary/aromatic N) is 2. The highest BCUT2D eigenvalue weighted by atomic mass is 32.2. The van der Waals surface area contributed by atoms with Crippen molar-refractivity contribution in [2.75, 3.05) is 13.7 Å². The minimum Gasteiger partial charge on any atom is -0.463 e. The lowest BCUT2D eigenvalue weighted by molar-refractivity contribution is -0.138. The fourth-order valence-corrected chi connectivity index (χ4v) is 5.36. The summed E-state index contributed by atoms with van der Waals surface area (Å²) in [6.07, 6.45) is 1.65. The zero-order chi connectivity index (χ0) is 19.5. The normalized spacial score (nSPS) is 14.2. The molecule has 0 aliphatic carbocycles. The van der Waals surface area contributed by atoms with Crippen LogP contribution in [-0.4, -0.2) is 43.4 Å². The van der Waals surface area contributed by atoms with Crippen molar-refractivity contribution in [2.24, 2.45) is 5.92 Å². The van der Waals surface area contributed by atoms with Gasteiger partial charge in [0.15, 0.2) is 0 Å². The first-order valence-corrected chi connectivity index (χ1v) is 10.6. The molecule has 0 bridgehead atoms. The number of fused-ring (bicyclic) bond motifs is 1. The lowest BCUT2D eigenvalue weighted by Crippen LogP contribution is -2.39. The number of hydrogen-bond acceptors (Lipinski definition) is 6. The number of carbonyl (C=O) groups excluding carboxylic acids is 1. The summed E-state index contributed by atoms with van der Waals surface area (Å²) in [7, 11) is -2.27. The van der Waals surface area contributed by atoms with Crippen molar-refractivity contribution in [3.8, 4) is 0 Å². The van der Waals surface area contributed by atoms with Crippen LogP contribution in [0, 0.1) is 5.92 Å². The Morgan fingerprint density at radius 3 is 2.58 bits per heavy atom. The molecule has 0 saturated carbocycles. The third kappa shape index (κ3) is 4.31. The molecule has 2 aromatic rings. The van der Waals surface area contributed by atoms with Crippen molar-refractivity contribution in [3.05, 3.63) is 35.9 Å². The largest absolute Gasteiger partial charge is 0.463 e. The van der Waals surface area contributed by atoms with E-state index in [0.717, 1.165) is 16.0 Å². The summed E-state index contributed by atoms with van der Waals surface area (Å²) in [5, 5.41) is 0. The molecule has 0 aliphatic heterocycles. The molecule has 142 valence electrons. The number of ether oxygens (including phenoxy) is 1. The van der Waals surface area contributed by atoms with Gasteiger partial charge in [0, 0.05) is 18.7 Å². The molecule has 1 heterocycles. The quantitative estimate of drug-likeness (QED) is 0.529. The van der Waals surface area contributed by atoms with Crippen LogP contribution in [0.1, 0.15) is 27.7 Å². The van der Waals surface area contributed by atoms with Gasteiger partial charge in [-0.15, -0.1) is 11.3 Å². The van der Waals surface area contributed by atoms with Gasteiger partial charge in [-0.3, -0.25) is 0 Å². The van der Waals surface area contributed by atoms with Gasteiger partial charge in [-0.25, -0.2) is 18.2 Å². The topological polar surface area (TPSA) is 76.6 Å². The van der Waals surface area contributed by atoms with Crippen LogP contribution in [0.5, 0.6) is 0 Å². The van der Waals surface area contributed by atoms with E-state index in [2.05, 4.69) is 4.98 Å². The van der Waals surface area contributed by atoms with Gasteiger partial charge in [-0.2, -0.15) is 4.31 Å². The van der Waals surface area contributed by atoms with Crippen molar-refractivity contribution >= 4 is 37.5 Å². The van der Waals surface area contributed by atoms with Gasteiger partial charge in [-0.1, -0.05) is 32.1 Å². The average Bonchev–Trinajstić information content (AvgIpc) is 3.03. The van der Waals surface area contributed by atoms with Crippen molar-refractivity contribution in [1.29, 1.82) is 0 Å². The molecule has 0 N–H and O–H groups in total. The van der Waals surface area contributed by atoms with Gasteiger partial charge in [0.2, 0.25) is 4.34 Å². The third-order valence-corrected chi connectivity index (χ3v) is 7.24. The van der Waals surface area contributed by atoms with E-state index in [1.165, 1.54) is 11.4 Å². The number of benzene rings is 1. The average molecular weight is 397 g/mol. The molecule has 1 atom stereocenters. The Morgan fingerprint density at radius 1 is 1.35 bits per heavy atom. The Bertz CT molecular complexity index is 883. The second-order valence-corrected chi connectivity index (χ2v) is 9.48. The first-order chi connectivity index (χ1) is 12.2. The summed E-state index contributed by atoms with van der Waals surface area (Å²) in [6.45, 7) is 7.45. The number of para-hydroxylation sites is 1. The molecule has 2 rings (SSSR count). The smallest absolute Gasteiger partial charge is 0.333 e. The van der Waals surface area contributed by atoms with Gasteiger partial charge in [0.25, 0.3) is 10.0 Å². The Morgan fingerprint density at radius 2 is 2.00 bits per heavy atom. The Kier molecular flexibility index (Phi) is 6.54. The zero-order valence-electron chi connectivity index (χ0n) is 15.6. The Hall–Kier alpha value is -1.77. The van der Waals surface area contributed by atoms with Crippen LogP contribution >= 0.6 is 11.3 Å². The van der Waals surface area contributed by atoms with Crippen LogP contribution < -0.4 is 0 Å². The zero-order valence-corrected chi connectivity index (χ0v) is 17.2. The van der Waals surface area contributed by atoms with Gasteiger partial charge < -0.3 is 4.74 Å². The number of carbonyl (C=O) groups is 1. The molecule has 26 heavy (non-hydrogen) atoms. The molecule has 0 saturated heterocycles. The molecule has 0 unspecified atom stereocenters. The third-order valence-electron chi connectivity index (χ3n) is 4.00. The molecule has 0 fully saturated rings. The van der Waals surface area contributed by atoms with E-state index in [1.807, 2.05) is 32.0 Å². The summed E-state index contributed by atoms with van der Waals surface area (Å²) >= 11 is 1.14. The van der Waals surface area contributed by atoms with Gasteiger partial charge in [-0.05, 0) is 31.9 Å². The van der Waals surface area contributed by atoms with E-state index >= 15 is 0 Å². The Balaban J connectivity index is 2.39. The second kappa shape index (κ2) is 8.28. The van der Waals surface area contributed by atoms with Crippen molar-refractivity contribution in [1.82, 2.24) is 9.29 Å². The fourth-order valence-electron chi connectivity index (χ4n) is 2.53. The van der Waals surface area contributed by atoms with Crippen LogP contribution in [0.4, 0.5) is 0 Å². The van der Waals surface area contributed by atoms with Gasteiger partial charge in [0.05, 0.1) is 16.8 Å². The number of esters is 1. The van der Waals surface area contributed by atoms with Crippen LogP contribution in [0.2, 0.25) is 0 Å². The molecule has 6 nitrogen and oxygen atoms in total. The van der Waals surface area contributed by atoms with Crippen molar-refractivity contribution in [3.63, 3.8) is 0 Å². The highest BCUT2D eigenvalue weighted by molar-refractivity contribution is 7.91. The lowest BCUT2D eigenvalue weighted by Gasteiger charge is -2.27. The Labute approximate surface area is 158 Å². The molecule has 0 spiro atoms. The summed E-state index contributed by atoms with van der Waals surface area (Å²) in [6, 6.07) is 6.82. The molecule has 8 heteroatoms. The van der Waals surface area contributed by atoms with Crippen LogP contribution in [-0.2, 0) is 19.6 Å². The lowest BCUT2D eigenvalue weighted by atomic mass is 10.0. The van der Waals surface area contributed by atoms with E-state index in [1.54, 1.807) is 26.0 Å². The molecular weight excluding hydrogens is 372 g/mol. The number of likely N-dealkylation sites (N-methyl/N-ethyl adjacent to an activating group) is 1. The standard InChI is InChI=1S/C18H24N2O4S2/c1-6-24-17(21)13(4)11-15(12(2)3)20(5)26(22,23)18-19-14-9-7-8-10-16(14)25-18/h7-12,15H,6H2,1-5H3/t15-/m1/s1. The number of thiazole rings is 1. The maximum Gasteiger partial charge on any atom is 0.333 e. The number of rotatable bonds is 7. The fraction of sp³-hybridized carbons (Fsp3) is 0.444. The SMILES string of the molecule is CCOC(=O)C(C)=C[C@H](C(C)C)N(C)S(=O)(=O)c1nc2ccccc2s1. The van der Waals surface area contributed by atoms with E-state index in [9.17, 15) is 13.2 Å². The predicted octanol–water partition coefficient (Wildman–Crippen LogP) is 3.45. The van der Waals surface area contributed by atoms with Crippen LogP contribution in [0.15, 0.2) is 40.3 Å². The van der Waals surface area contributed by atoms with Crippen LogP contribution in [0.3, 0.4) is 0 Å². The first kappa shape index (κ1) is 20.5. The molecule has 0 amide bonds. The monoisotopic (exact) mass is 396 g/mol. The highest BCUT2D eigenvalue weighted by Crippen LogP contribution is 2.29. The molecule has 0 radical (unpaired) electrons. The summed E-state index contributed by atoms with van der Waals surface area (Å²) in [4.78, 5) is 16.2. The number of sulfonamides is 1. The predicted molar refractivity (Wildman–Crippen MR) is 104 cm³/mol. The van der Waals surface area contributed by atoms with Crippen molar-refractivity contribution < 1.29 is 17.9 Å². The van der Waals surface area contributed by atoms with E-state index < -0.39 is 22.0 Å². The molecule has 1 aromatic carbocycles. The van der Waals surface area contributed by atoms with E-state index in [0.29, 0.717) is 11.1 Å². The minimum absolute atomic E-state index is 0.0338. The first-order valence-electron chi connectivity index (χ1n) is 8.37. The number of hydrogen-bond donors (Lipinski definition) is 0. The molecule has 1 aromatic heterocycles. The van der Waals surface area contributed by atoms with Gasteiger partial charge >= 0.3 is 5.97 Å². The minimum atomic E-state index is -3.78. The summed E-state index contributed by atoms with van der Waals surface area (Å²) in [5.74, 6) is -0.475. The molecule has 0 aliphatic rings. The van der Waals surface area contributed by atoms with E-state index in [-0.39, 0.29) is 16.9 Å². The second-order valence-electron chi connectivity index (χ2n) is 6.27. The number of aromatic nitrogens is 1. The van der Waals surface area contributed by atoms with Gasteiger partial charge in [0.1, 0.15) is 0 Å². The van der Waals surface area contributed by atoms with Crippen molar-refractivity contribution in [2.45, 2.75) is 38.1 Å². The maximum atomic E-state index is 13.1. The molecular formula is C18H24N2O4S2. The van der Waals surface area contributed by atoms with Crippen LogP contribution in [0.25, 0.3) is 10.2 Å². The van der Waals surface area contributed by atoms with E-state index in [4.69, 9.17) is 4.74 Å². The maximum absolute atomic E-state index is 13.1. The summed E-state index contributed by atoms with van der Waals surface area (Å²) < 4.78 is 33.2.